The summed E-state index contributed by atoms with van der Waals surface area (Å²) in [6, 6.07) is -0.741. The maximum Gasteiger partial charge on any atom is 0.245 e. The van der Waals surface area contributed by atoms with E-state index in [0.29, 0.717) is 32.4 Å². The minimum absolute atomic E-state index is 0.0381. The lowest BCUT2D eigenvalue weighted by Crippen LogP contribution is -2.56. The van der Waals surface area contributed by atoms with Gasteiger partial charge < -0.3 is 25.4 Å². The molecular weight excluding hydrogens is 374 g/mol. The van der Waals surface area contributed by atoms with Crippen molar-refractivity contribution >= 4 is 17.7 Å². The quantitative estimate of drug-likeness (QED) is 0.479. The lowest BCUT2D eigenvalue weighted by molar-refractivity contribution is -0.147. The molecule has 3 aliphatic heterocycles. The van der Waals surface area contributed by atoms with E-state index in [0.717, 1.165) is 12.8 Å². The SMILES string of the molecule is CCCCNC(=O)C1N(CCCCO)C(=O)[C@@H]2[C@@H](C(=O)NC)[C@]3(C)OC12CC3C. The van der Waals surface area contributed by atoms with Crippen molar-refractivity contribution in [2.75, 3.05) is 26.7 Å². The molecule has 0 saturated carbocycles. The van der Waals surface area contributed by atoms with Gasteiger partial charge in [-0.1, -0.05) is 20.3 Å². The first kappa shape index (κ1) is 22.0. The van der Waals surface area contributed by atoms with E-state index in [-0.39, 0.29) is 30.2 Å². The molecule has 0 aromatic carbocycles. The van der Waals surface area contributed by atoms with Gasteiger partial charge in [0.15, 0.2) is 0 Å². The van der Waals surface area contributed by atoms with Gasteiger partial charge in [-0.15, -0.1) is 0 Å². The van der Waals surface area contributed by atoms with Crippen LogP contribution in [0, 0.1) is 17.8 Å². The van der Waals surface area contributed by atoms with Gasteiger partial charge in [0.2, 0.25) is 17.7 Å². The number of aliphatic hydroxyl groups is 1. The normalized spacial score (nSPS) is 37.7. The van der Waals surface area contributed by atoms with Gasteiger partial charge in [0.1, 0.15) is 11.6 Å². The number of carbonyl (C=O) groups is 3. The number of ether oxygens (including phenoxy) is 1. The average Bonchev–Trinajstić information content (AvgIpc) is 3.19. The van der Waals surface area contributed by atoms with Gasteiger partial charge >= 0.3 is 0 Å². The second-order valence-corrected chi connectivity index (χ2v) is 8.93. The highest BCUT2D eigenvalue weighted by Crippen LogP contribution is 2.65. The van der Waals surface area contributed by atoms with Crippen molar-refractivity contribution in [3.05, 3.63) is 0 Å². The summed E-state index contributed by atoms with van der Waals surface area (Å²) < 4.78 is 6.53. The van der Waals surface area contributed by atoms with Crippen LogP contribution in [0.2, 0.25) is 0 Å². The standard InChI is InChI=1S/C21H35N3O5/c1-5-6-9-23-18(27)16-21-12-13(2)20(3,29-21)14(17(26)22-4)15(21)19(28)24(16)10-7-8-11-25/h13-16,25H,5-12H2,1-4H3,(H,22,26)(H,23,27)/t13?,14-,15-,16?,20+,21?/m0/s1. The highest BCUT2D eigenvalue weighted by molar-refractivity contribution is 5.99. The predicted molar refractivity (Wildman–Crippen MR) is 107 cm³/mol. The van der Waals surface area contributed by atoms with Crippen molar-refractivity contribution in [3.63, 3.8) is 0 Å². The number of carbonyl (C=O) groups excluding carboxylic acids is 3. The summed E-state index contributed by atoms with van der Waals surface area (Å²) in [5.74, 6) is -1.80. The van der Waals surface area contributed by atoms with Gasteiger partial charge in [0.05, 0.1) is 17.4 Å². The number of unbranched alkanes of at least 4 members (excludes halogenated alkanes) is 2. The fraction of sp³-hybridized carbons (Fsp3) is 0.857. The number of fused-ring (bicyclic) bond motifs is 1. The number of hydrogen-bond acceptors (Lipinski definition) is 5. The third-order valence-corrected chi connectivity index (χ3v) is 7.23. The average molecular weight is 410 g/mol. The molecule has 29 heavy (non-hydrogen) atoms. The van der Waals surface area contributed by atoms with Gasteiger partial charge in [0.25, 0.3) is 0 Å². The van der Waals surface area contributed by atoms with Gasteiger partial charge in [-0.05, 0) is 38.5 Å². The second-order valence-electron chi connectivity index (χ2n) is 8.93. The van der Waals surface area contributed by atoms with E-state index < -0.39 is 29.1 Å². The fourth-order valence-corrected chi connectivity index (χ4v) is 5.71. The van der Waals surface area contributed by atoms with Crippen molar-refractivity contribution in [2.45, 2.75) is 70.1 Å². The molecule has 3 heterocycles. The highest BCUT2D eigenvalue weighted by Gasteiger charge is 2.79. The van der Waals surface area contributed by atoms with Crippen LogP contribution in [-0.4, -0.2) is 71.7 Å². The molecule has 0 aliphatic carbocycles. The van der Waals surface area contributed by atoms with E-state index in [2.05, 4.69) is 17.6 Å². The molecule has 0 aromatic heterocycles. The fourth-order valence-electron chi connectivity index (χ4n) is 5.71. The Morgan fingerprint density at radius 3 is 2.62 bits per heavy atom. The molecule has 0 radical (unpaired) electrons. The molecule has 3 amide bonds. The largest absolute Gasteiger partial charge is 0.396 e. The maximum atomic E-state index is 13.5. The topological polar surface area (TPSA) is 108 Å². The minimum Gasteiger partial charge on any atom is -0.396 e. The van der Waals surface area contributed by atoms with E-state index in [1.165, 1.54) is 0 Å². The number of hydrogen-bond donors (Lipinski definition) is 3. The Bertz CT molecular complexity index is 671. The molecule has 1 spiro atoms. The molecule has 164 valence electrons. The Morgan fingerprint density at radius 1 is 1.28 bits per heavy atom. The number of amides is 3. The zero-order valence-electron chi connectivity index (χ0n) is 18.0. The molecule has 0 aromatic rings. The van der Waals surface area contributed by atoms with Gasteiger partial charge in [0, 0.05) is 26.7 Å². The molecule has 6 atom stereocenters. The van der Waals surface area contributed by atoms with E-state index in [4.69, 9.17) is 9.84 Å². The van der Waals surface area contributed by atoms with Crippen LogP contribution in [0.25, 0.3) is 0 Å². The molecule has 3 rings (SSSR count). The summed E-state index contributed by atoms with van der Waals surface area (Å²) in [6.07, 6.45) is 3.56. The lowest BCUT2D eigenvalue weighted by atomic mass is 9.62. The van der Waals surface area contributed by atoms with Gasteiger partial charge in [-0.2, -0.15) is 0 Å². The first-order valence-electron chi connectivity index (χ1n) is 10.9. The zero-order valence-corrected chi connectivity index (χ0v) is 18.0. The van der Waals surface area contributed by atoms with Crippen LogP contribution in [0.5, 0.6) is 0 Å². The Hall–Kier alpha value is -1.67. The number of nitrogens with one attached hydrogen (secondary N) is 2. The van der Waals surface area contributed by atoms with Crippen molar-refractivity contribution in [1.82, 2.24) is 15.5 Å². The minimum atomic E-state index is -0.974. The Morgan fingerprint density at radius 2 is 2.00 bits per heavy atom. The molecule has 3 unspecified atom stereocenters. The number of aliphatic hydroxyl groups excluding tert-OH is 1. The summed E-state index contributed by atoms with van der Waals surface area (Å²) in [6.45, 7) is 6.96. The molecule has 3 saturated heterocycles. The van der Waals surface area contributed by atoms with Crippen LogP contribution >= 0.6 is 0 Å². The summed E-state index contributed by atoms with van der Waals surface area (Å²) in [4.78, 5) is 41.2. The van der Waals surface area contributed by atoms with E-state index in [9.17, 15) is 14.4 Å². The van der Waals surface area contributed by atoms with E-state index >= 15 is 0 Å². The third-order valence-electron chi connectivity index (χ3n) is 7.23. The molecule has 3 aliphatic rings. The van der Waals surface area contributed by atoms with Gasteiger partial charge in [-0.3, -0.25) is 14.4 Å². The first-order valence-corrected chi connectivity index (χ1v) is 10.9. The second kappa shape index (κ2) is 8.22. The molecule has 2 bridgehead atoms. The van der Waals surface area contributed by atoms with Crippen LogP contribution in [0.4, 0.5) is 0 Å². The van der Waals surface area contributed by atoms with Crippen LogP contribution in [-0.2, 0) is 19.1 Å². The van der Waals surface area contributed by atoms with Gasteiger partial charge in [-0.25, -0.2) is 0 Å². The third kappa shape index (κ3) is 3.24. The maximum absolute atomic E-state index is 13.5. The summed E-state index contributed by atoms with van der Waals surface area (Å²) in [5, 5.41) is 14.8. The van der Waals surface area contributed by atoms with Crippen molar-refractivity contribution in [2.24, 2.45) is 17.8 Å². The molecule has 8 heteroatoms. The Balaban J connectivity index is 1.98. The highest BCUT2D eigenvalue weighted by atomic mass is 16.5. The number of rotatable bonds is 9. The van der Waals surface area contributed by atoms with Crippen LogP contribution in [0.1, 0.15) is 52.9 Å². The summed E-state index contributed by atoms with van der Waals surface area (Å²) >= 11 is 0. The van der Waals surface area contributed by atoms with Crippen molar-refractivity contribution < 1.29 is 24.2 Å². The lowest BCUT2D eigenvalue weighted by Gasteiger charge is -2.36. The zero-order chi connectivity index (χ0) is 21.4. The number of likely N-dealkylation sites (tertiary alicyclic amines) is 1. The van der Waals surface area contributed by atoms with E-state index in [1.54, 1.807) is 11.9 Å². The Kier molecular flexibility index (Phi) is 6.24. The molecule has 3 N–H and O–H groups in total. The molecular formula is C21H35N3O5. The Labute approximate surface area is 172 Å². The van der Waals surface area contributed by atoms with Crippen molar-refractivity contribution in [1.29, 1.82) is 0 Å². The summed E-state index contributed by atoms with van der Waals surface area (Å²) in [5.41, 5.74) is -1.74. The van der Waals surface area contributed by atoms with Crippen LogP contribution in [0.15, 0.2) is 0 Å². The predicted octanol–water partition coefficient (Wildman–Crippen LogP) is 0.432. The first-order chi connectivity index (χ1) is 13.8. The molecule has 3 fully saturated rings. The number of nitrogens with zero attached hydrogens (tertiary/aromatic N) is 1. The monoisotopic (exact) mass is 409 g/mol. The summed E-state index contributed by atoms with van der Waals surface area (Å²) in [7, 11) is 1.57. The molecule has 8 nitrogen and oxygen atoms in total. The van der Waals surface area contributed by atoms with Crippen LogP contribution < -0.4 is 10.6 Å². The van der Waals surface area contributed by atoms with E-state index in [1.807, 2.05) is 13.8 Å². The van der Waals surface area contributed by atoms with Crippen molar-refractivity contribution in [3.8, 4) is 0 Å². The smallest absolute Gasteiger partial charge is 0.245 e. The van der Waals surface area contributed by atoms with Crippen LogP contribution in [0.3, 0.4) is 0 Å².